The monoisotopic (exact) mass is 695 g/mol. The molecule has 0 heterocycles. The number of aliphatic hydroxyl groups excluding tert-OH is 2. The van der Waals surface area contributed by atoms with Crippen LogP contribution in [0.4, 0.5) is 0 Å². The van der Waals surface area contributed by atoms with Crippen LogP contribution < -0.4 is 9.47 Å². The number of hydrogen-bond acceptors (Lipinski definition) is 6. The molecule has 0 spiro atoms. The smallest absolute Gasteiger partial charge is 0.214 e. The molecular formula is C41H61NO6S. The van der Waals surface area contributed by atoms with Gasteiger partial charge in [-0.2, -0.15) is 4.31 Å². The molecule has 4 aliphatic carbocycles. The number of aliphatic hydroxyl groups is 2. The van der Waals surface area contributed by atoms with Crippen LogP contribution in [0.2, 0.25) is 0 Å². The quantitative estimate of drug-likeness (QED) is 0.237. The molecule has 4 unspecified atom stereocenters. The molecule has 0 bridgehead atoms. The molecule has 11 atom stereocenters. The first kappa shape index (κ1) is 36.7. The average Bonchev–Trinajstić information content (AvgIpc) is 3.45. The Morgan fingerprint density at radius 2 is 1.37 bits per heavy atom. The third-order valence-electron chi connectivity index (χ3n) is 14.4. The summed E-state index contributed by atoms with van der Waals surface area (Å²) in [5, 5.41) is 22.7. The first-order chi connectivity index (χ1) is 23.3. The van der Waals surface area contributed by atoms with E-state index in [4.69, 9.17) is 9.47 Å². The Kier molecular flexibility index (Phi) is 10.8. The molecule has 0 aromatic heterocycles. The maximum atomic E-state index is 14.2. The molecule has 4 fully saturated rings. The zero-order chi connectivity index (χ0) is 35.1. The molecule has 8 heteroatoms. The summed E-state index contributed by atoms with van der Waals surface area (Å²) in [4.78, 5) is 0. The van der Waals surface area contributed by atoms with E-state index in [0.717, 1.165) is 74.0 Å². The highest BCUT2D eigenvalue weighted by Crippen LogP contribution is 2.69. The van der Waals surface area contributed by atoms with Crippen LogP contribution in [0.5, 0.6) is 11.5 Å². The van der Waals surface area contributed by atoms with Crippen LogP contribution in [0, 0.1) is 52.3 Å². The van der Waals surface area contributed by atoms with E-state index in [9.17, 15) is 18.6 Å². The Balaban J connectivity index is 1.18. The van der Waals surface area contributed by atoms with E-state index in [0.29, 0.717) is 49.1 Å². The van der Waals surface area contributed by atoms with Crippen LogP contribution in [0.25, 0.3) is 0 Å². The summed E-state index contributed by atoms with van der Waals surface area (Å²) in [5.74, 6) is 4.21. The summed E-state index contributed by atoms with van der Waals surface area (Å²) >= 11 is 0. The molecular weight excluding hydrogens is 635 g/mol. The van der Waals surface area contributed by atoms with Gasteiger partial charge in [-0.1, -0.05) is 58.4 Å². The summed E-state index contributed by atoms with van der Waals surface area (Å²) in [7, 11) is -0.314. The molecule has 2 aromatic rings. The normalized spacial score (nSPS) is 36.4. The Morgan fingerprint density at radius 3 is 1.92 bits per heavy atom. The molecule has 0 amide bonds. The van der Waals surface area contributed by atoms with Crippen molar-refractivity contribution < 1.29 is 28.1 Å². The van der Waals surface area contributed by atoms with Gasteiger partial charge in [-0.3, -0.25) is 0 Å². The van der Waals surface area contributed by atoms with Crippen LogP contribution in [-0.2, 0) is 23.1 Å². The average molecular weight is 696 g/mol. The van der Waals surface area contributed by atoms with Crippen LogP contribution in [0.3, 0.4) is 0 Å². The molecule has 0 radical (unpaired) electrons. The Labute approximate surface area is 295 Å². The van der Waals surface area contributed by atoms with E-state index >= 15 is 0 Å². The van der Waals surface area contributed by atoms with Crippen LogP contribution in [0.15, 0.2) is 48.5 Å². The second kappa shape index (κ2) is 14.5. The van der Waals surface area contributed by atoms with E-state index < -0.39 is 10.0 Å². The molecule has 4 aliphatic rings. The number of sulfonamides is 1. The molecule has 6 rings (SSSR count). The van der Waals surface area contributed by atoms with Gasteiger partial charge in [0.15, 0.2) is 0 Å². The number of hydrogen-bond donors (Lipinski definition) is 2. The Hall–Kier alpha value is -2.13. The lowest BCUT2D eigenvalue weighted by molar-refractivity contribution is -0.203. The summed E-state index contributed by atoms with van der Waals surface area (Å²) in [5.41, 5.74) is 2.13. The Morgan fingerprint density at radius 1 is 0.816 bits per heavy atom. The highest BCUT2D eigenvalue weighted by atomic mass is 32.2. The molecule has 0 aliphatic heterocycles. The molecule has 4 saturated carbocycles. The van der Waals surface area contributed by atoms with Gasteiger partial charge in [0.1, 0.15) is 11.5 Å². The summed E-state index contributed by atoms with van der Waals surface area (Å²) in [6, 6.07) is 15.3. The van der Waals surface area contributed by atoms with Crippen molar-refractivity contribution in [3.63, 3.8) is 0 Å². The van der Waals surface area contributed by atoms with Crippen molar-refractivity contribution in [3.8, 4) is 11.5 Å². The minimum Gasteiger partial charge on any atom is -0.497 e. The second-order valence-corrected chi connectivity index (χ2v) is 18.8. The fourth-order valence-corrected chi connectivity index (χ4v) is 13.3. The first-order valence-corrected chi connectivity index (χ1v) is 20.5. The topological polar surface area (TPSA) is 96.3 Å². The number of benzene rings is 2. The molecule has 272 valence electrons. The molecule has 2 aromatic carbocycles. The molecule has 49 heavy (non-hydrogen) atoms. The van der Waals surface area contributed by atoms with Crippen LogP contribution >= 0.6 is 0 Å². The summed E-state index contributed by atoms with van der Waals surface area (Å²) < 4.78 is 40.7. The van der Waals surface area contributed by atoms with Gasteiger partial charge >= 0.3 is 0 Å². The SMILES string of the molecule is CC[C@@H]1C2C[C@H](O)CCC2(C)[C@H]2CCC3(C)[C@@H]([C@H](C)CCS(=O)(=O)N(Cc4ccc(OC)cc4)Cc4ccc(OC)cc4)CC[C@H]3C2[C@@H]1O. The van der Waals surface area contributed by atoms with Crippen molar-refractivity contribution in [2.75, 3.05) is 20.0 Å². The minimum absolute atomic E-state index is 0.104. The maximum absolute atomic E-state index is 14.2. The van der Waals surface area contributed by atoms with Gasteiger partial charge < -0.3 is 19.7 Å². The number of nitrogens with zero attached hydrogens (tertiary/aromatic N) is 1. The van der Waals surface area contributed by atoms with E-state index in [1.54, 1.807) is 18.5 Å². The van der Waals surface area contributed by atoms with Gasteiger partial charge in [-0.05, 0) is 139 Å². The standard InChI is InChI=1S/C41H61NO6S/c1-7-33-37-24-30(43)18-21-41(37,4)36-19-22-40(3)34(16-17-35(40)38(36)39(33)44)27(2)20-23-49(45,46)42(25-28-8-12-31(47-5)13-9-28)26-29-10-14-32(48-6)15-11-29/h8-15,27,30,33-39,43-44H,7,16-26H2,1-6H3/t27-,30-,33-,34-,35+,36+,37?,38?,39-,40?,41?/m1/s1. The van der Waals surface area contributed by atoms with Crippen molar-refractivity contribution in [2.24, 2.45) is 52.3 Å². The molecule has 7 nitrogen and oxygen atoms in total. The lowest BCUT2D eigenvalue weighted by atomic mass is 9.41. The van der Waals surface area contributed by atoms with E-state index in [1.807, 2.05) is 48.5 Å². The molecule has 0 saturated heterocycles. The highest BCUT2D eigenvalue weighted by Gasteiger charge is 2.64. The van der Waals surface area contributed by atoms with E-state index in [-0.39, 0.29) is 40.6 Å². The largest absolute Gasteiger partial charge is 0.497 e. The third kappa shape index (κ3) is 6.93. The number of ether oxygens (including phenoxy) is 2. The van der Waals surface area contributed by atoms with Gasteiger partial charge in [0.2, 0.25) is 10.0 Å². The number of fused-ring (bicyclic) bond motifs is 5. The fourth-order valence-electron chi connectivity index (χ4n) is 11.7. The predicted octanol–water partition coefficient (Wildman–Crippen LogP) is 7.69. The van der Waals surface area contributed by atoms with Gasteiger partial charge in [-0.15, -0.1) is 0 Å². The predicted molar refractivity (Wildman–Crippen MR) is 195 cm³/mol. The minimum atomic E-state index is -3.58. The Bertz CT molecular complexity index is 1460. The maximum Gasteiger partial charge on any atom is 0.214 e. The van der Waals surface area contributed by atoms with Gasteiger partial charge in [0.25, 0.3) is 0 Å². The lowest BCUT2D eigenvalue weighted by Gasteiger charge is -2.64. The van der Waals surface area contributed by atoms with E-state index in [2.05, 4.69) is 27.7 Å². The van der Waals surface area contributed by atoms with Crippen LogP contribution in [0.1, 0.15) is 96.6 Å². The number of methoxy groups -OCH3 is 2. The second-order valence-electron chi connectivity index (χ2n) is 16.7. The van der Waals surface area contributed by atoms with Gasteiger partial charge in [-0.25, -0.2) is 8.42 Å². The van der Waals surface area contributed by atoms with Crippen molar-refractivity contribution in [2.45, 2.75) is 111 Å². The van der Waals surface area contributed by atoms with Gasteiger partial charge in [0, 0.05) is 13.1 Å². The zero-order valence-electron chi connectivity index (χ0n) is 30.7. The summed E-state index contributed by atoms with van der Waals surface area (Å²) in [6.07, 6.45) is 8.32. The van der Waals surface area contributed by atoms with E-state index in [1.165, 1.54) is 0 Å². The first-order valence-electron chi connectivity index (χ1n) is 18.9. The van der Waals surface area contributed by atoms with Crippen molar-refractivity contribution >= 4 is 10.0 Å². The lowest BCUT2D eigenvalue weighted by Crippen LogP contribution is -2.62. The summed E-state index contributed by atoms with van der Waals surface area (Å²) in [6.45, 7) is 10.1. The van der Waals surface area contributed by atoms with Crippen LogP contribution in [-0.4, -0.2) is 55.1 Å². The third-order valence-corrected chi connectivity index (χ3v) is 16.2. The molecule has 2 N–H and O–H groups in total. The highest BCUT2D eigenvalue weighted by molar-refractivity contribution is 7.89. The van der Waals surface area contributed by atoms with Crippen molar-refractivity contribution in [3.05, 3.63) is 59.7 Å². The van der Waals surface area contributed by atoms with Crippen molar-refractivity contribution in [1.29, 1.82) is 0 Å². The van der Waals surface area contributed by atoms with Crippen molar-refractivity contribution in [1.82, 2.24) is 4.31 Å². The number of rotatable bonds is 12. The fraction of sp³-hybridized carbons (Fsp3) is 0.707. The van der Waals surface area contributed by atoms with Gasteiger partial charge in [0.05, 0.1) is 32.2 Å². The zero-order valence-corrected chi connectivity index (χ0v) is 31.5.